The first kappa shape index (κ1) is 22.2. The zero-order chi connectivity index (χ0) is 23.8. The predicted molar refractivity (Wildman–Crippen MR) is 131 cm³/mol. The van der Waals surface area contributed by atoms with Crippen LogP contribution in [0.25, 0.3) is 10.9 Å². The van der Waals surface area contributed by atoms with Crippen LogP contribution in [0.5, 0.6) is 17.2 Å². The van der Waals surface area contributed by atoms with Crippen molar-refractivity contribution in [3.05, 3.63) is 72.2 Å². The number of nitrogens with one attached hydrogen (secondary N) is 1. The molecule has 33 heavy (non-hydrogen) atoms. The zero-order valence-electron chi connectivity index (χ0n) is 19.5. The van der Waals surface area contributed by atoms with E-state index in [-0.39, 0.29) is 11.3 Å². The lowest BCUT2D eigenvalue weighted by molar-refractivity contribution is 0.101. The van der Waals surface area contributed by atoms with E-state index in [1.807, 2.05) is 48.0 Å². The van der Waals surface area contributed by atoms with Crippen molar-refractivity contribution < 1.29 is 14.3 Å². The van der Waals surface area contributed by atoms with Gasteiger partial charge in [-0.15, -0.1) is 0 Å². The summed E-state index contributed by atoms with van der Waals surface area (Å²) < 4.78 is 13.4. The van der Waals surface area contributed by atoms with E-state index in [1.54, 1.807) is 24.5 Å². The van der Waals surface area contributed by atoms with Gasteiger partial charge < -0.3 is 25.1 Å². The number of hydrogen-bond acceptors (Lipinski definition) is 5. The van der Waals surface area contributed by atoms with Crippen LogP contribution in [-0.2, 0) is 12.5 Å². The number of nitrogen functional groups attached to an aromatic ring is 1. The van der Waals surface area contributed by atoms with Crippen molar-refractivity contribution in [1.82, 2.24) is 9.55 Å². The summed E-state index contributed by atoms with van der Waals surface area (Å²) in [6.07, 6.45) is 3.34. The maximum atomic E-state index is 13.3. The molecule has 0 aliphatic rings. The summed E-state index contributed by atoms with van der Waals surface area (Å²) in [5.41, 5.74) is 9.40. The Morgan fingerprint density at radius 3 is 2.48 bits per heavy atom. The number of anilines is 2. The van der Waals surface area contributed by atoms with Crippen molar-refractivity contribution in [2.45, 2.75) is 26.2 Å². The number of fused-ring (bicyclic) bond motifs is 1. The van der Waals surface area contributed by atoms with Gasteiger partial charge in [-0.3, -0.25) is 9.78 Å². The van der Waals surface area contributed by atoms with E-state index in [0.29, 0.717) is 34.3 Å². The third-order valence-electron chi connectivity index (χ3n) is 5.57. The van der Waals surface area contributed by atoms with E-state index in [9.17, 15) is 4.79 Å². The summed E-state index contributed by atoms with van der Waals surface area (Å²) in [6.45, 7) is 6.27. The number of carbonyl (C=O) groups is 1. The van der Waals surface area contributed by atoms with E-state index in [1.165, 1.54) is 7.11 Å². The highest BCUT2D eigenvalue weighted by Gasteiger charge is 2.22. The average molecular weight is 445 g/mol. The van der Waals surface area contributed by atoms with Crippen LogP contribution in [-0.4, -0.2) is 22.6 Å². The lowest BCUT2D eigenvalue weighted by Crippen LogP contribution is -2.18. The average Bonchev–Trinajstić information content (AvgIpc) is 3.11. The van der Waals surface area contributed by atoms with Crippen LogP contribution < -0.4 is 20.5 Å². The van der Waals surface area contributed by atoms with E-state index in [2.05, 4.69) is 31.1 Å². The lowest BCUT2D eigenvalue weighted by atomic mass is 9.86. The van der Waals surface area contributed by atoms with Gasteiger partial charge in [-0.2, -0.15) is 0 Å². The molecule has 7 heteroatoms. The number of rotatable bonds is 5. The third kappa shape index (κ3) is 4.35. The number of hydrogen-bond donors (Lipinski definition) is 2. The van der Waals surface area contributed by atoms with E-state index in [0.717, 1.165) is 16.5 Å². The van der Waals surface area contributed by atoms with Crippen LogP contribution in [0.4, 0.5) is 11.4 Å². The number of aryl methyl sites for hydroxylation is 1. The number of nitrogens with zero attached hydrogens (tertiary/aromatic N) is 2. The molecule has 0 saturated heterocycles. The van der Waals surface area contributed by atoms with Crippen molar-refractivity contribution in [2.75, 3.05) is 18.2 Å². The SMILES string of the molecule is COc1c(N)cc(C(C)(C)C)cc1NC(=O)c1cc2cccc(Oc3ccncc3)c2n1C. The minimum absolute atomic E-state index is 0.140. The number of aromatic nitrogens is 2. The Bertz CT molecular complexity index is 1320. The number of nitrogens with two attached hydrogens (primary N) is 1. The molecule has 0 aliphatic carbocycles. The largest absolute Gasteiger partial charge is 0.492 e. The van der Waals surface area contributed by atoms with Gasteiger partial charge in [-0.1, -0.05) is 32.9 Å². The molecule has 4 aromatic rings. The van der Waals surface area contributed by atoms with Gasteiger partial charge in [0.2, 0.25) is 0 Å². The quantitative estimate of drug-likeness (QED) is 0.396. The molecular weight excluding hydrogens is 416 g/mol. The molecule has 2 aromatic carbocycles. The first-order valence-electron chi connectivity index (χ1n) is 10.6. The summed E-state index contributed by atoms with van der Waals surface area (Å²) in [7, 11) is 3.38. The molecule has 0 atom stereocenters. The molecule has 2 aromatic heterocycles. The molecule has 0 aliphatic heterocycles. The fourth-order valence-electron chi connectivity index (χ4n) is 3.80. The number of carbonyl (C=O) groups excluding carboxylic acids is 1. The normalized spacial score (nSPS) is 11.4. The fraction of sp³-hybridized carbons (Fsp3) is 0.231. The second kappa shape index (κ2) is 8.50. The fourth-order valence-corrected chi connectivity index (χ4v) is 3.80. The lowest BCUT2D eigenvalue weighted by Gasteiger charge is -2.22. The van der Waals surface area contributed by atoms with Gasteiger partial charge in [0.1, 0.15) is 11.4 Å². The van der Waals surface area contributed by atoms with Gasteiger partial charge in [0.05, 0.1) is 24.0 Å². The van der Waals surface area contributed by atoms with Crippen molar-refractivity contribution >= 4 is 28.2 Å². The van der Waals surface area contributed by atoms with Gasteiger partial charge in [0.15, 0.2) is 11.5 Å². The van der Waals surface area contributed by atoms with Gasteiger partial charge >= 0.3 is 0 Å². The summed E-state index contributed by atoms with van der Waals surface area (Å²) in [5.74, 6) is 1.49. The minimum atomic E-state index is -0.271. The topological polar surface area (TPSA) is 91.4 Å². The molecule has 0 radical (unpaired) electrons. The molecule has 3 N–H and O–H groups in total. The standard InChI is InChI=1S/C26H28N4O3/c1-26(2,3)17-14-19(27)24(32-5)20(15-17)29-25(31)21-13-16-7-6-8-22(23(16)30(21)4)33-18-9-11-28-12-10-18/h6-15H,27H2,1-5H3,(H,29,31). The molecule has 0 unspecified atom stereocenters. The van der Waals surface area contributed by atoms with Crippen LogP contribution in [0.3, 0.4) is 0 Å². The monoisotopic (exact) mass is 444 g/mol. The second-order valence-corrected chi connectivity index (χ2v) is 8.92. The first-order chi connectivity index (χ1) is 15.7. The predicted octanol–water partition coefficient (Wildman–Crippen LogP) is 5.51. The highest BCUT2D eigenvalue weighted by molar-refractivity contribution is 6.08. The van der Waals surface area contributed by atoms with Crippen molar-refractivity contribution in [2.24, 2.45) is 7.05 Å². The van der Waals surface area contributed by atoms with Gasteiger partial charge in [0.25, 0.3) is 5.91 Å². The number of para-hydroxylation sites is 1. The Kier molecular flexibility index (Phi) is 5.72. The molecule has 0 saturated carbocycles. The summed E-state index contributed by atoms with van der Waals surface area (Å²) in [5, 5.41) is 3.88. The smallest absolute Gasteiger partial charge is 0.272 e. The van der Waals surface area contributed by atoms with Crippen LogP contribution in [0.15, 0.2) is 60.9 Å². The van der Waals surface area contributed by atoms with Gasteiger partial charge in [-0.05, 0) is 47.4 Å². The van der Waals surface area contributed by atoms with E-state index >= 15 is 0 Å². The zero-order valence-corrected chi connectivity index (χ0v) is 19.5. The minimum Gasteiger partial charge on any atom is -0.492 e. The molecule has 2 heterocycles. The van der Waals surface area contributed by atoms with Crippen molar-refractivity contribution in [3.63, 3.8) is 0 Å². The third-order valence-corrected chi connectivity index (χ3v) is 5.57. The van der Waals surface area contributed by atoms with Gasteiger partial charge in [-0.25, -0.2) is 0 Å². The Morgan fingerprint density at radius 1 is 1.09 bits per heavy atom. The molecule has 170 valence electrons. The Balaban J connectivity index is 1.72. The van der Waals surface area contributed by atoms with Crippen LogP contribution in [0, 0.1) is 0 Å². The van der Waals surface area contributed by atoms with Crippen molar-refractivity contribution in [1.29, 1.82) is 0 Å². The number of pyridine rings is 1. The van der Waals surface area contributed by atoms with Gasteiger partial charge in [0, 0.05) is 24.8 Å². The second-order valence-electron chi connectivity index (χ2n) is 8.92. The highest BCUT2D eigenvalue weighted by atomic mass is 16.5. The van der Waals surface area contributed by atoms with E-state index < -0.39 is 0 Å². The number of methoxy groups -OCH3 is 1. The molecule has 1 amide bonds. The van der Waals surface area contributed by atoms with Crippen LogP contribution in [0.1, 0.15) is 36.8 Å². The maximum absolute atomic E-state index is 13.3. The summed E-state index contributed by atoms with van der Waals surface area (Å²) in [4.78, 5) is 17.4. The molecular formula is C26H28N4O3. The molecule has 0 bridgehead atoms. The molecule has 7 nitrogen and oxygen atoms in total. The summed E-state index contributed by atoms with van der Waals surface area (Å²) in [6, 6.07) is 14.9. The van der Waals surface area contributed by atoms with Crippen LogP contribution in [0.2, 0.25) is 0 Å². The number of benzene rings is 2. The summed E-state index contributed by atoms with van der Waals surface area (Å²) >= 11 is 0. The Morgan fingerprint density at radius 2 is 1.82 bits per heavy atom. The molecule has 0 fully saturated rings. The molecule has 4 rings (SSSR count). The highest BCUT2D eigenvalue weighted by Crippen LogP contribution is 2.38. The number of amides is 1. The van der Waals surface area contributed by atoms with E-state index in [4.69, 9.17) is 15.2 Å². The van der Waals surface area contributed by atoms with Crippen molar-refractivity contribution in [3.8, 4) is 17.2 Å². The Labute approximate surface area is 193 Å². The first-order valence-corrected chi connectivity index (χ1v) is 10.6. The van der Waals surface area contributed by atoms with Crippen LogP contribution >= 0.6 is 0 Å². The maximum Gasteiger partial charge on any atom is 0.272 e. The number of ether oxygens (including phenoxy) is 2. The molecule has 0 spiro atoms. The Hall–Kier alpha value is -4.00.